The van der Waals surface area contributed by atoms with Crippen molar-refractivity contribution in [3.63, 3.8) is 0 Å². The van der Waals surface area contributed by atoms with Crippen LogP contribution in [-0.4, -0.2) is 24.8 Å². The standard InChI is InChI=1S/C8H6F4O2.CH2O2/c9-7(10)13-5-3-1-2-4-6(5)14-8(11)12;2-1-3/h1-4,7-8H;1H,(H,2,3). The van der Waals surface area contributed by atoms with E-state index < -0.39 is 24.7 Å². The molecule has 4 nitrogen and oxygen atoms in total. The third kappa shape index (κ3) is 6.98. The lowest BCUT2D eigenvalue weighted by Crippen LogP contribution is -2.07. The molecular formula is C9H8F4O4. The Balaban J connectivity index is 0.000000770. The Labute approximate surface area is 93.4 Å². The molecule has 0 saturated heterocycles. The van der Waals surface area contributed by atoms with Crippen molar-refractivity contribution in [1.29, 1.82) is 0 Å². The number of para-hydroxylation sites is 2. The molecule has 0 aliphatic carbocycles. The van der Waals surface area contributed by atoms with Crippen LogP contribution in [-0.2, 0) is 4.79 Å². The number of alkyl halides is 4. The molecule has 0 amide bonds. The molecule has 0 radical (unpaired) electrons. The molecule has 8 heteroatoms. The normalized spacial score (nSPS) is 9.53. The van der Waals surface area contributed by atoms with Gasteiger partial charge in [-0.2, -0.15) is 17.6 Å². The molecule has 17 heavy (non-hydrogen) atoms. The molecule has 0 aliphatic heterocycles. The van der Waals surface area contributed by atoms with Gasteiger partial charge in [-0.25, -0.2) is 0 Å². The highest BCUT2D eigenvalue weighted by Gasteiger charge is 2.13. The van der Waals surface area contributed by atoms with Crippen LogP contribution < -0.4 is 9.47 Å². The fourth-order valence-corrected chi connectivity index (χ4v) is 0.837. The Hall–Kier alpha value is -1.99. The van der Waals surface area contributed by atoms with E-state index in [1.54, 1.807) is 0 Å². The number of benzene rings is 1. The molecule has 0 atom stereocenters. The number of hydrogen-bond donors (Lipinski definition) is 1. The molecule has 0 saturated carbocycles. The number of carbonyl (C=O) groups is 1. The first-order chi connectivity index (χ1) is 8.01. The molecule has 96 valence electrons. The molecule has 1 aromatic carbocycles. The van der Waals surface area contributed by atoms with Gasteiger partial charge in [0.15, 0.2) is 11.5 Å². The zero-order valence-corrected chi connectivity index (χ0v) is 8.23. The summed E-state index contributed by atoms with van der Waals surface area (Å²) in [7, 11) is 0. The number of halogens is 4. The minimum Gasteiger partial charge on any atom is -0.483 e. The maximum Gasteiger partial charge on any atom is 0.387 e. The number of carboxylic acid groups (broad SMARTS) is 1. The molecule has 1 rings (SSSR count). The van der Waals surface area contributed by atoms with E-state index >= 15 is 0 Å². The first-order valence-corrected chi connectivity index (χ1v) is 4.07. The Bertz CT molecular complexity index is 304. The zero-order chi connectivity index (χ0) is 13.3. The highest BCUT2D eigenvalue weighted by molar-refractivity contribution is 5.39. The van der Waals surface area contributed by atoms with E-state index in [1.165, 1.54) is 12.1 Å². The van der Waals surface area contributed by atoms with Crippen molar-refractivity contribution in [1.82, 2.24) is 0 Å². The van der Waals surface area contributed by atoms with Crippen LogP contribution in [0.3, 0.4) is 0 Å². The molecular weight excluding hydrogens is 248 g/mol. The summed E-state index contributed by atoms with van der Waals surface area (Å²) >= 11 is 0. The van der Waals surface area contributed by atoms with Crippen molar-refractivity contribution >= 4 is 6.47 Å². The van der Waals surface area contributed by atoms with Gasteiger partial charge in [0, 0.05) is 0 Å². The monoisotopic (exact) mass is 256 g/mol. The van der Waals surface area contributed by atoms with Crippen LogP contribution in [0.2, 0.25) is 0 Å². The minimum atomic E-state index is -3.07. The molecule has 1 N–H and O–H groups in total. The summed E-state index contributed by atoms with van der Waals surface area (Å²) in [6, 6.07) is 4.97. The SMILES string of the molecule is FC(F)Oc1ccccc1OC(F)F.O=CO. The van der Waals surface area contributed by atoms with E-state index in [-0.39, 0.29) is 6.47 Å². The predicted octanol–water partition coefficient (Wildman–Crippen LogP) is 2.59. The first kappa shape index (κ1) is 15.0. The summed E-state index contributed by atoms with van der Waals surface area (Å²) in [4.78, 5) is 8.36. The minimum absolute atomic E-state index is 0.250. The lowest BCUT2D eigenvalue weighted by molar-refractivity contribution is -0.122. The van der Waals surface area contributed by atoms with Crippen LogP contribution in [0.4, 0.5) is 17.6 Å². The fourth-order valence-electron chi connectivity index (χ4n) is 0.837. The molecule has 0 aliphatic rings. The second kappa shape index (κ2) is 8.20. The van der Waals surface area contributed by atoms with Gasteiger partial charge in [0.1, 0.15) is 0 Å². The highest BCUT2D eigenvalue weighted by atomic mass is 19.3. The summed E-state index contributed by atoms with van der Waals surface area (Å²) in [6.45, 7) is -6.39. The summed E-state index contributed by atoms with van der Waals surface area (Å²) < 4.78 is 55.0. The zero-order valence-electron chi connectivity index (χ0n) is 8.23. The predicted molar refractivity (Wildman–Crippen MR) is 48.4 cm³/mol. The van der Waals surface area contributed by atoms with E-state index in [2.05, 4.69) is 9.47 Å². The van der Waals surface area contributed by atoms with Crippen molar-refractivity contribution in [2.75, 3.05) is 0 Å². The molecule has 0 spiro atoms. The summed E-state index contributed by atoms with van der Waals surface area (Å²) in [5.41, 5.74) is 0. The summed E-state index contributed by atoms with van der Waals surface area (Å²) in [5, 5.41) is 6.89. The topological polar surface area (TPSA) is 55.8 Å². The van der Waals surface area contributed by atoms with Crippen LogP contribution in [0.15, 0.2) is 24.3 Å². The number of rotatable bonds is 4. The van der Waals surface area contributed by atoms with Gasteiger partial charge in [0.25, 0.3) is 6.47 Å². The van der Waals surface area contributed by atoms with Crippen LogP contribution >= 0.6 is 0 Å². The number of hydrogen-bond acceptors (Lipinski definition) is 3. The summed E-state index contributed by atoms with van der Waals surface area (Å²) in [5.74, 6) is -0.828. The van der Waals surface area contributed by atoms with Crippen molar-refractivity contribution in [2.45, 2.75) is 13.2 Å². The van der Waals surface area contributed by atoms with Gasteiger partial charge in [0.05, 0.1) is 0 Å². The smallest absolute Gasteiger partial charge is 0.387 e. The van der Waals surface area contributed by atoms with Crippen LogP contribution in [0.1, 0.15) is 0 Å². The molecule has 0 heterocycles. The van der Waals surface area contributed by atoms with Crippen molar-refractivity contribution in [2.24, 2.45) is 0 Å². The van der Waals surface area contributed by atoms with Gasteiger partial charge in [-0.05, 0) is 12.1 Å². The van der Waals surface area contributed by atoms with Crippen LogP contribution in [0.25, 0.3) is 0 Å². The van der Waals surface area contributed by atoms with E-state index in [9.17, 15) is 17.6 Å². The van der Waals surface area contributed by atoms with Crippen molar-refractivity contribution in [3.8, 4) is 11.5 Å². The lowest BCUT2D eigenvalue weighted by Gasteiger charge is -2.10. The Morgan fingerprint density at radius 1 is 1.00 bits per heavy atom. The average molecular weight is 256 g/mol. The quantitative estimate of drug-likeness (QED) is 0.664. The van der Waals surface area contributed by atoms with Gasteiger partial charge in [0.2, 0.25) is 0 Å². The molecule has 0 aromatic heterocycles. The van der Waals surface area contributed by atoms with E-state index in [0.29, 0.717) is 0 Å². The third-order valence-corrected chi connectivity index (χ3v) is 1.28. The molecule has 0 fully saturated rings. The Morgan fingerprint density at radius 3 is 1.53 bits per heavy atom. The summed E-state index contributed by atoms with van der Waals surface area (Å²) in [6.07, 6.45) is 0. The Morgan fingerprint density at radius 2 is 1.29 bits per heavy atom. The molecule has 0 unspecified atom stereocenters. The molecule has 0 bridgehead atoms. The van der Waals surface area contributed by atoms with Gasteiger partial charge < -0.3 is 14.6 Å². The Kier molecular flexibility index (Phi) is 7.24. The van der Waals surface area contributed by atoms with Gasteiger partial charge in [-0.3, -0.25) is 4.79 Å². The van der Waals surface area contributed by atoms with Gasteiger partial charge in [-0.15, -0.1) is 0 Å². The second-order valence-corrected chi connectivity index (χ2v) is 2.31. The maximum absolute atomic E-state index is 11.8. The van der Waals surface area contributed by atoms with Crippen molar-refractivity contribution in [3.05, 3.63) is 24.3 Å². The lowest BCUT2D eigenvalue weighted by atomic mass is 10.3. The van der Waals surface area contributed by atoms with Gasteiger partial charge in [-0.1, -0.05) is 12.1 Å². The van der Waals surface area contributed by atoms with Crippen molar-refractivity contribution < 1.29 is 36.9 Å². The third-order valence-electron chi connectivity index (χ3n) is 1.28. The fraction of sp³-hybridized carbons (Fsp3) is 0.222. The van der Waals surface area contributed by atoms with Crippen LogP contribution in [0.5, 0.6) is 11.5 Å². The van der Waals surface area contributed by atoms with E-state index in [0.717, 1.165) is 12.1 Å². The largest absolute Gasteiger partial charge is 0.483 e. The second-order valence-electron chi connectivity index (χ2n) is 2.31. The van der Waals surface area contributed by atoms with E-state index in [4.69, 9.17) is 9.90 Å². The van der Waals surface area contributed by atoms with E-state index in [1.807, 2.05) is 0 Å². The average Bonchev–Trinajstić information content (AvgIpc) is 2.20. The van der Waals surface area contributed by atoms with Gasteiger partial charge >= 0.3 is 13.2 Å². The molecule has 1 aromatic rings. The number of ether oxygens (including phenoxy) is 2. The maximum atomic E-state index is 11.8. The first-order valence-electron chi connectivity index (χ1n) is 4.07. The van der Waals surface area contributed by atoms with Crippen LogP contribution in [0, 0.1) is 0 Å². The highest BCUT2D eigenvalue weighted by Crippen LogP contribution is 2.29.